The molecule has 5 heteroatoms. The molecule has 1 rings (SSSR count). The molecular formula is C9H7BrF2N2. The van der Waals surface area contributed by atoms with E-state index in [2.05, 4.69) is 20.9 Å². The minimum absolute atomic E-state index is 0.192. The molecule has 74 valence electrons. The summed E-state index contributed by atoms with van der Waals surface area (Å²) in [7, 11) is 0. The summed E-state index contributed by atoms with van der Waals surface area (Å²) in [6.07, 6.45) is -2.66. The third kappa shape index (κ3) is 2.07. The second-order valence-corrected chi connectivity index (χ2v) is 3.28. The van der Waals surface area contributed by atoms with Crippen LogP contribution in [-0.4, -0.2) is 4.98 Å². The monoisotopic (exact) mass is 260 g/mol. The van der Waals surface area contributed by atoms with Crippen LogP contribution in [0, 0.1) is 18.3 Å². The smallest absolute Gasteiger partial charge is 0.242 e. The maximum atomic E-state index is 12.5. The zero-order valence-corrected chi connectivity index (χ0v) is 8.98. The van der Waals surface area contributed by atoms with Crippen molar-refractivity contribution in [3.05, 3.63) is 28.6 Å². The number of aromatic nitrogens is 1. The van der Waals surface area contributed by atoms with Crippen molar-refractivity contribution in [1.82, 2.24) is 4.98 Å². The number of alkyl halides is 3. The van der Waals surface area contributed by atoms with Gasteiger partial charge in [-0.05, 0) is 18.6 Å². The lowest BCUT2D eigenvalue weighted by atomic mass is 10.1. The molecule has 0 atom stereocenters. The molecule has 1 heterocycles. The molecule has 14 heavy (non-hydrogen) atoms. The van der Waals surface area contributed by atoms with Crippen LogP contribution in [0.4, 0.5) is 8.78 Å². The molecule has 0 N–H and O–H groups in total. The van der Waals surface area contributed by atoms with Crippen molar-refractivity contribution in [2.75, 3.05) is 0 Å². The van der Waals surface area contributed by atoms with Crippen LogP contribution in [0.25, 0.3) is 0 Å². The fourth-order valence-corrected chi connectivity index (χ4v) is 1.62. The van der Waals surface area contributed by atoms with E-state index >= 15 is 0 Å². The number of nitrogens with zero attached hydrogens (tertiary/aromatic N) is 2. The number of halogens is 3. The summed E-state index contributed by atoms with van der Waals surface area (Å²) in [6.45, 7) is 1.69. The van der Waals surface area contributed by atoms with E-state index in [-0.39, 0.29) is 11.3 Å². The van der Waals surface area contributed by atoms with E-state index in [1.54, 1.807) is 13.0 Å². The SMILES string of the molecule is Cc1nc(C#N)c(C(F)F)cc1CBr. The van der Waals surface area contributed by atoms with Gasteiger partial charge < -0.3 is 0 Å². The van der Waals surface area contributed by atoms with Crippen LogP contribution in [0.15, 0.2) is 6.07 Å². The van der Waals surface area contributed by atoms with Crippen LogP contribution in [0.1, 0.15) is 28.9 Å². The fraction of sp³-hybridized carbons (Fsp3) is 0.333. The summed E-state index contributed by atoms with van der Waals surface area (Å²) in [5.41, 5.74) is 0.789. The van der Waals surface area contributed by atoms with Crippen molar-refractivity contribution < 1.29 is 8.78 Å². The average Bonchev–Trinajstić information content (AvgIpc) is 2.16. The minimum atomic E-state index is -2.66. The van der Waals surface area contributed by atoms with Gasteiger partial charge in [0.15, 0.2) is 0 Å². The lowest BCUT2D eigenvalue weighted by Gasteiger charge is -2.06. The van der Waals surface area contributed by atoms with Gasteiger partial charge >= 0.3 is 0 Å². The van der Waals surface area contributed by atoms with Crippen LogP contribution in [-0.2, 0) is 5.33 Å². The molecule has 0 aliphatic heterocycles. The summed E-state index contributed by atoms with van der Waals surface area (Å²) in [5, 5.41) is 9.05. The highest BCUT2D eigenvalue weighted by Crippen LogP contribution is 2.24. The highest BCUT2D eigenvalue weighted by Gasteiger charge is 2.16. The van der Waals surface area contributed by atoms with E-state index in [1.807, 2.05) is 0 Å². The van der Waals surface area contributed by atoms with Gasteiger partial charge in [0.05, 0.1) is 5.56 Å². The molecule has 0 aliphatic carbocycles. The Morgan fingerprint density at radius 2 is 2.29 bits per heavy atom. The fourth-order valence-electron chi connectivity index (χ4n) is 1.06. The van der Waals surface area contributed by atoms with Crippen LogP contribution >= 0.6 is 15.9 Å². The summed E-state index contributed by atoms with van der Waals surface area (Å²) < 4.78 is 24.9. The molecule has 0 spiro atoms. The Morgan fingerprint density at radius 3 is 2.71 bits per heavy atom. The molecular weight excluding hydrogens is 254 g/mol. The van der Waals surface area contributed by atoms with E-state index in [9.17, 15) is 8.78 Å². The van der Waals surface area contributed by atoms with Crippen molar-refractivity contribution in [2.24, 2.45) is 0 Å². The minimum Gasteiger partial charge on any atom is -0.242 e. The van der Waals surface area contributed by atoms with Crippen molar-refractivity contribution in [2.45, 2.75) is 18.7 Å². The van der Waals surface area contributed by atoms with Gasteiger partial charge in [-0.25, -0.2) is 13.8 Å². The largest absolute Gasteiger partial charge is 0.266 e. The number of hydrogen-bond acceptors (Lipinski definition) is 2. The van der Waals surface area contributed by atoms with Gasteiger partial charge in [0.2, 0.25) is 0 Å². The van der Waals surface area contributed by atoms with E-state index in [0.29, 0.717) is 16.6 Å². The number of nitriles is 1. The zero-order chi connectivity index (χ0) is 10.7. The molecule has 0 saturated heterocycles. The Bertz CT molecular complexity index is 385. The van der Waals surface area contributed by atoms with Gasteiger partial charge in [-0.15, -0.1) is 0 Å². The van der Waals surface area contributed by atoms with Gasteiger partial charge in [0.1, 0.15) is 11.8 Å². The number of hydrogen-bond donors (Lipinski definition) is 0. The van der Waals surface area contributed by atoms with Gasteiger partial charge in [-0.2, -0.15) is 5.26 Å². The Labute approximate surface area is 88.7 Å². The normalized spacial score (nSPS) is 10.3. The summed E-state index contributed by atoms with van der Waals surface area (Å²) in [5.74, 6) is 0. The highest BCUT2D eigenvalue weighted by molar-refractivity contribution is 9.08. The Kier molecular flexibility index (Phi) is 3.53. The first-order valence-corrected chi connectivity index (χ1v) is 4.97. The molecule has 1 aromatic rings. The number of aryl methyl sites for hydroxylation is 1. The Balaban J connectivity index is 3.34. The van der Waals surface area contributed by atoms with Crippen LogP contribution in [0.3, 0.4) is 0 Å². The van der Waals surface area contributed by atoms with E-state index in [4.69, 9.17) is 5.26 Å². The summed E-state index contributed by atoms with van der Waals surface area (Å²) in [6, 6.07) is 2.98. The van der Waals surface area contributed by atoms with Crippen LogP contribution in [0.2, 0.25) is 0 Å². The molecule has 0 aliphatic rings. The second kappa shape index (κ2) is 4.47. The van der Waals surface area contributed by atoms with E-state index < -0.39 is 6.43 Å². The molecule has 2 nitrogen and oxygen atoms in total. The van der Waals surface area contributed by atoms with E-state index in [1.165, 1.54) is 6.07 Å². The van der Waals surface area contributed by atoms with Crippen molar-refractivity contribution in [3.63, 3.8) is 0 Å². The van der Waals surface area contributed by atoms with Gasteiger partial charge in [-0.1, -0.05) is 15.9 Å². The molecule has 0 fully saturated rings. The maximum Gasteiger partial charge on any atom is 0.266 e. The lowest BCUT2D eigenvalue weighted by Crippen LogP contribution is -2.00. The summed E-state index contributed by atoms with van der Waals surface area (Å²) in [4.78, 5) is 3.81. The topological polar surface area (TPSA) is 36.7 Å². The van der Waals surface area contributed by atoms with Crippen LogP contribution < -0.4 is 0 Å². The summed E-state index contributed by atoms with van der Waals surface area (Å²) >= 11 is 3.17. The Morgan fingerprint density at radius 1 is 1.64 bits per heavy atom. The third-order valence-electron chi connectivity index (χ3n) is 1.83. The molecule has 0 unspecified atom stereocenters. The first-order valence-electron chi connectivity index (χ1n) is 3.84. The van der Waals surface area contributed by atoms with Crippen LogP contribution in [0.5, 0.6) is 0 Å². The molecule has 0 amide bonds. The quantitative estimate of drug-likeness (QED) is 0.767. The Hall–Kier alpha value is -1.02. The van der Waals surface area contributed by atoms with Gasteiger partial charge in [0, 0.05) is 11.0 Å². The van der Waals surface area contributed by atoms with Crippen molar-refractivity contribution in [1.29, 1.82) is 5.26 Å². The first-order chi connectivity index (χ1) is 6.60. The standard InChI is InChI=1S/C9H7BrF2N2/c1-5-6(3-10)2-7(9(11)12)8(4-13)14-5/h2,9H,3H2,1H3. The molecule has 0 aromatic carbocycles. The second-order valence-electron chi connectivity index (χ2n) is 2.72. The van der Waals surface area contributed by atoms with Gasteiger partial charge in [-0.3, -0.25) is 0 Å². The molecule has 0 bridgehead atoms. The number of pyridine rings is 1. The highest BCUT2D eigenvalue weighted by atomic mass is 79.9. The number of rotatable bonds is 2. The lowest BCUT2D eigenvalue weighted by molar-refractivity contribution is 0.150. The van der Waals surface area contributed by atoms with Crippen molar-refractivity contribution in [3.8, 4) is 6.07 Å². The molecule has 0 saturated carbocycles. The average molecular weight is 261 g/mol. The van der Waals surface area contributed by atoms with Gasteiger partial charge in [0.25, 0.3) is 6.43 Å². The molecule has 1 aromatic heterocycles. The predicted molar refractivity (Wildman–Crippen MR) is 51.3 cm³/mol. The van der Waals surface area contributed by atoms with Crippen molar-refractivity contribution >= 4 is 15.9 Å². The third-order valence-corrected chi connectivity index (χ3v) is 2.44. The zero-order valence-electron chi connectivity index (χ0n) is 7.39. The molecule has 0 radical (unpaired) electrons. The van der Waals surface area contributed by atoms with E-state index in [0.717, 1.165) is 0 Å². The maximum absolute atomic E-state index is 12.5. The first kappa shape index (κ1) is 11.1. The predicted octanol–water partition coefficient (Wildman–Crippen LogP) is 3.09.